The van der Waals surface area contributed by atoms with Crippen LogP contribution in [0, 0.1) is 0 Å². The minimum atomic E-state index is -0.138. The summed E-state index contributed by atoms with van der Waals surface area (Å²) in [5.74, 6) is 2.15. The van der Waals surface area contributed by atoms with Crippen LogP contribution in [0.3, 0.4) is 0 Å². The van der Waals surface area contributed by atoms with Crippen molar-refractivity contribution in [2.45, 2.75) is 37.9 Å². The highest BCUT2D eigenvalue weighted by atomic mass is 32.2. The molecular formula is C25H28N4O3S. The van der Waals surface area contributed by atoms with Crippen LogP contribution in [0.25, 0.3) is 11.4 Å². The van der Waals surface area contributed by atoms with Gasteiger partial charge in [0.15, 0.2) is 22.5 Å². The van der Waals surface area contributed by atoms with Gasteiger partial charge in [0.05, 0.1) is 5.75 Å². The number of hydrogen-bond acceptors (Lipinski definition) is 6. The lowest BCUT2D eigenvalue weighted by Gasteiger charge is -2.19. The molecule has 0 fully saturated rings. The van der Waals surface area contributed by atoms with Crippen LogP contribution in [-0.4, -0.2) is 39.6 Å². The number of aromatic nitrogens is 3. The summed E-state index contributed by atoms with van der Waals surface area (Å²) < 4.78 is 13.1. The van der Waals surface area contributed by atoms with Crippen molar-refractivity contribution < 1.29 is 14.3 Å². The second-order valence-corrected chi connectivity index (χ2v) is 9.67. The molecule has 8 heteroatoms. The van der Waals surface area contributed by atoms with E-state index in [1.54, 1.807) is 24.3 Å². The van der Waals surface area contributed by atoms with Gasteiger partial charge in [0.1, 0.15) is 13.2 Å². The first-order valence-corrected chi connectivity index (χ1v) is 11.8. The van der Waals surface area contributed by atoms with Crippen molar-refractivity contribution in [1.29, 1.82) is 0 Å². The van der Waals surface area contributed by atoms with E-state index in [1.807, 2.05) is 4.57 Å². The van der Waals surface area contributed by atoms with E-state index in [0.29, 0.717) is 42.1 Å². The molecule has 33 heavy (non-hydrogen) atoms. The Kier molecular flexibility index (Phi) is 6.74. The second kappa shape index (κ2) is 9.70. The molecule has 0 saturated heterocycles. The fourth-order valence-electron chi connectivity index (χ4n) is 3.47. The summed E-state index contributed by atoms with van der Waals surface area (Å²) in [6.45, 7) is 12.0. The van der Waals surface area contributed by atoms with Gasteiger partial charge in [0.25, 0.3) is 0 Å². The molecule has 172 valence electrons. The summed E-state index contributed by atoms with van der Waals surface area (Å²) in [5.41, 5.74) is 2.98. The molecule has 2 aromatic carbocycles. The predicted octanol–water partition coefficient (Wildman–Crippen LogP) is 4.93. The molecule has 7 nitrogen and oxygen atoms in total. The first-order chi connectivity index (χ1) is 15.8. The Hall–Kier alpha value is -3.26. The third-order valence-corrected chi connectivity index (χ3v) is 6.16. The average Bonchev–Trinajstić information content (AvgIpc) is 3.20. The monoisotopic (exact) mass is 464 g/mol. The number of carbonyl (C=O) groups is 1. The SMILES string of the molecule is C=CCn1c(SCC(=O)Nc2ccc3c(c2)OCCO3)nnc1-c1ccc(C(C)(C)C)cc1. The molecule has 0 saturated carbocycles. The number of nitrogens with one attached hydrogen (secondary N) is 1. The Balaban J connectivity index is 1.44. The van der Waals surface area contributed by atoms with E-state index in [-0.39, 0.29) is 17.1 Å². The summed E-state index contributed by atoms with van der Waals surface area (Å²) in [6.07, 6.45) is 1.80. The number of thioether (sulfide) groups is 1. The second-order valence-electron chi connectivity index (χ2n) is 8.73. The smallest absolute Gasteiger partial charge is 0.234 e. The number of amides is 1. The van der Waals surface area contributed by atoms with Crippen LogP contribution >= 0.6 is 11.8 Å². The van der Waals surface area contributed by atoms with Crippen LogP contribution in [0.5, 0.6) is 11.5 Å². The number of nitrogens with zero attached hydrogens (tertiary/aromatic N) is 3. The Labute approximate surface area is 198 Å². The maximum atomic E-state index is 12.5. The van der Waals surface area contributed by atoms with Crippen LogP contribution in [0.4, 0.5) is 5.69 Å². The lowest BCUT2D eigenvalue weighted by Crippen LogP contribution is -2.17. The van der Waals surface area contributed by atoms with E-state index in [0.717, 1.165) is 11.4 Å². The molecule has 1 amide bonds. The molecule has 1 aliphatic heterocycles. The third kappa shape index (κ3) is 5.39. The van der Waals surface area contributed by atoms with E-state index < -0.39 is 0 Å². The van der Waals surface area contributed by atoms with Gasteiger partial charge in [-0.05, 0) is 23.1 Å². The highest BCUT2D eigenvalue weighted by Gasteiger charge is 2.18. The molecule has 4 rings (SSSR count). The molecule has 3 aromatic rings. The van der Waals surface area contributed by atoms with E-state index >= 15 is 0 Å². The van der Waals surface area contributed by atoms with Crippen molar-refractivity contribution in [3.05, 3.63) is 60.7 Å². The normalized spacial score (nSPS) is 12.9. The summed E-state index contributed by atoms with van der Waals surface area (Å²) in [7, 11) is 0. The number of benzene rings is 2. The van der Waals surface area contributed by atoms with Crippen molar-refractivity contribution in [1.82, 2.24) is 14.8 Å². The summed E-state index contributed by atoms with van der Waals surface area (Å²) in [5, 5.41) is 12.3. The molecule has 0 aliphatic carbocycles. The van der Waals surface area contributed by atoms with Crippen molar-refractivity contribution in [2.24, 2.45) is 0 Å². The third-order valence-electron chi connectivity index (χ3n) is 5.20. The van der Waals surface area contributed by atoms with Gasteiger partial charge in [-0.2, -0.15) is 0 Å². The lowest BCUT2D eigenvalue weighted by molar-refractivity contribution is -0.113. The topological polar surface area (TPSA) is 78.3 Å². The number of fused-ring (bicyclic) bond motifs is 1. The van der Waals surface area contributed by atoms with Crippen molar-refractivity contribution in [3.8, 4) is 22.9 Å². The van der Waals surface area contributed by atoms with E-state index in [2.05, 4.69) is 67.1 Å². The van der Waals surface area contributed by atoms with Gasteiger partial charge in [-0.15, -0.1) is 16.8 Å². The summed E-state index contributed by atoms with van der Waals surface area (Å²) in [6, 6.07) is 13.7. The van der Waals surface area contributed by atoms with Crippen LogP contribution < -0.4 is 14.8 Å². The first kappa shape index (κ1) is 22.9. The van der Waals surface area contributed by atoms with Gasteiger partial charge < -0.3 is 14.8 Å². The number of anilines is 1. The fraction of sp³-hybridized carbons (Fsp3) is 0.320. The molecule has 0 unspecified atom stereocenters. The van der Waals surface area contributed by atoms with Crippen LogP contribution in [0.15, 0.2) is 60.3 Å². The first-order valence-electron chi connectivity index (χ1n) is 10.8. The Bertz CT molecular complexity index is 1150. The van der Waals surface area contributed by atoms with Crippen molar-refractivity contribution >= 4 is 23.4 Å². The molecule has 1 N–H and O–H groups in total. The minimum absolute atomic E-state index is 0.0822. The van der Waals surface area contributed by atoms with Crippen LogP contribution in [0.2, 0.25) is 0 Å². The molecule has 0 radical (unpaired) electrons. The van der Waals surface area contributed by atoms with E-state index in [9.17, 15) is 4.79 Å². The molecule has 0 atom stereocenters. The molecule has 2 heterocycles. The highest BCUT2D eigenvalue weighted by molar-refractivity contribution is 7.99. The summed E-state index contributed by atoms with van der Waals surface area (Å²) in [4.78, 5) is 12.5. The Morgan fingerprint density at radius 2 is 1.85 bits per heavy atom. The zero-order valence-corrected chi connectivity index (χ0v) is 19.9. The maximum absolute atomic E-state index is 12.5. The molecule has 0 bridgehead atoms. The van der Waals surface area contributed by atoms with Crippen LogP contribution in [-0.2, 0) is 16.8 Å². The number of carbonyl (C=O) groups excluding carboxylic acids is 1. The van der Waals surface area contributed by atoms with E-state index in [4.69, 9.17) is 9.47 Å². The van der Waals surface area contributed by atoms with Crippen molar-refractivity contribution in [3.63, 3.8) is 0 Å². The van der Waals surface area contributed by atoms with Gasteiger partial charge in [-0.1, -0.05) is 62.9 Å². The number of hydrogen-bond donors (Lipinski definition) is 1. The largest absolute Gasteiger partial charge is 0.486 e. The number of ether oxygens (including phenoxy) is 2. The average molecular weight is 465 g/mol. The maximum Gasteiger partial charge on any atom is 0.234 e. The zero-order chi connectivity index (χ0) is 23.4. The Morgan fingerprint density at radius 1 is 1.12 bits per heavy atom. The molecule has 1 aromatic heterocycles. The van der Waals surface area contributed by atoms with Gasteiger partial charge in [0, 0.05) is 23.9 Å². The molecule has 1 aliphatic rings. The van der Waals surface area contributed by atoms with Gasteiger partial charge in [-0.25, -0.2) is 0 Å². The molecular weight excluding hydrogens is 436 g/mol. The zero-order valence-electron chi connectivity index (χ0n) is 19.1. The van der Waals surface area contributed by atoms with Crippen LogP contribution in [0.1, 0.15) is 26.3 Å². The Morgan fingerprint density at radius 3 is 2.55 bits per heavy atom. The fourth-order valence-corrected chi connectivity index (χ4v) is 4.22. The van der Waals surface area contributed by atoms with Gasteiger partial charge in [-0.3, -0.25) is 9.36 Å². The van der Waals surface area contributed by atoms with Gasteiger partial charge in [0.2, 0.25) is 5.91 Å². The summed E-state index contributed by atoms with van der Waals surface area (Å²) >= 11 is 1.34. The highest BCUT2D eigenvalue weighted by Crippen LogP contribution is 2.33. The van der Waals surface area contributed by atoms with E-state index in [1.165, 1.54) is 17.3 Å². The lowest BCUT2D eigenvalue weighted by atomic mass is 9.87. The molecule has 0 spiro atoms. The predicted molar refractivity (Wildman–Crippen MR) is 131 cm³/mol. The minimum Gasteiger partial charge on any atom is -0.486 e. The number of allylic oxidation sites excluding steroid dienone is 1. The quantitative estimate of drug-likeness (QED) is 0.395. The number of rotatable bonds is 7. The van der Waals surface area contributed by atoms with Gasteiger partial charge >= 0.3 is 0 Å². The van der Waals surface area contributed by atoms with Crippen molar-refractivity contribution in [2.75, 3.05) is 24.3 Å². The standard InChI is InChI=1S/C25H28N4O3S/c1-5-12-29-23(17-6-8-18(9-7-17)25(2,3)4)27-28-24(29)33-16-22(30)26-19-10-11-20-21(15-19)32-14-13-31-20/h5-11,15H,1,12-14,16H2,2-4H3,(H,26,30).